The molecule has 0 aliphatic rings. The van der Waals surface area contributed by atoms with Crippen LogP contribution in [0.25, 0.3) is 10.2 Å². The molecule has 0 fully saturated rings. The van der Waals surface area contributed by atoms with E-state index in [1.54, 1.807) is 12.1 Å². The average Bonchev–Trinajstić information content (AvgIpc) is 2.91. The van der Waals surface area contributed by atoms with E-state index < -0.39 is 0 Å². The molecule has 0 saturated heterocycles. The van der Waals surface area contributed by atoms with E-state index in [9.17, 15) is 14.0 Å². The lowest BCUT2D eigenvalue weighted by Gasteiger charge is -2.08. The first-order chi connectivity index (χ1) is 12.9. The highest BCUT2D eigenvalue weighted by molar-refractivity contribution is 7.18. The Morgan fingerprint density at radius 2 is 2.19 bits per heavy atom. The summed E-state index contributed by atoms with van der Waals surface area (Å²) in [5, 5.41) is 3.35. The molecule has 2 aromatic heterocycles. The summed E-state index contributed by atoms with van der Waals surface area (Å²) in [6, 6.07) is 5.83. The smallest absolute Gasteiger partial charge is 0.259 e. The molecule has 2 N–H and O–H groups in total. The number of halogens is 1. The maximum Gasteiger partial charge on any atom is 0.259 e. The molecular weight excluding hydrogens is 369 g/mol. The minimum absolute atomic E-state index is 0.166. The summed E-state index contributed by atoms with van der Waals surface area (Å²) in [5.41, 5.74) is 0.784. The number of carbonyl (C=O) groups is 1. The third kappa shape index (κ3) is 4.71. The number of aromatic nitrogens is 2. The monoisotopic (exact) mass is 389 g/mol. The first-order valence-electron chi connectivity index (χ1n) is 8.58. The number of hydrogen-bond acceptors (Lipinski definition) is 5. The van der Waals surface area contributed by atoms with E-state index in [0.29, 0.717) is 34.8 Å². The van der Waals surface area contributed by atoms with Gasteiger partial charge in [0.1, 0.15) is 28.8 Å². The third-order valence-corrected chi connectivity index (χ3v) is 5.27. The number of aromatic amines is 1. The summed E-state index contributed by atoms with van der Waals surface area (Å²) in [6.45, 7) is 4.41. The molecule has 27 heavy (non-hydrogen) atoms. The van der Waals surface area contributed by atoms with Gasteiger partial charge in [0.05, 0.1) is 11.9 Å². The van der Waals surface area contributed by atoms with Crippen molar-refractivity contribution < 1.29 is 13.9 Å². The Bertz CT molecular complexity index is 1030. The molecule has 0 saturated carbocycles. The Morgan fingerprint density at radius 1 is 1.37 bits per heavy atom. The molecule has 0 unspecified atom stereocenters. The highest BCUT2D eigenvalue weighted by atomic mass is 32.1. The Morgan fingerprint density at radius 3 is 2.96 bits per heavy atom. The predicted molar refractivity (Wildman–Crippen MR) is 103 cm³/mol. The first kappa shape index (κ1) is 19.0. The summed E-state index contributed by atoms with van der Waals surface area (Å²) in [4.78, 5) is 33.1. The Kier molecular flexibility index (Phi) is 5.85. The van der Waals surface area contributed by atoms with Crippen molar-refractivity contribution in [2.45, 2.75) is 26.7 Å². The van der Waals surface area contributed by atoms with Gasteiger partial charge in [-0.1, -0.05) is 6.07 Å². The van der Waals surface area contributed by atoms with Gasteiger partial charge in [-0.25, -0.2) is 9.37 Å². The maximum absolute atomic E-state index is 13.0. The molecule has 8 heteroatoms. The fourth-order valence-electron chi connectivity index (χ4n) is 2.65. The molecule has 2 heterocycles. The van der Waals surface area contributed by atoms with E-state index in [0.717, 1.165) is 10.4 Å². The van der Waals surface area contributed by atoms with Crippen molar-refractivity contribution >= 4 is 27.5 Å². The normalized spacial score (nSPS) is 10.9. The van der Waals surface area contributed by atoms with Crippen LogP contribution in [0.1, 0.15) is 22.7 Å². The van der Waals surface area contributed by atoms with Crippen molar-refractivity contribution in [3.8, 4) is 5.75 Å². The molecule has 0 radical (unpaired) electrons. The van der Waals surface area contributed by atoms with E-state index in [2.05, 4.69) is 15.3 Å². The van der Waals surface area contributed by atoms with Crippen molar-refractivity contribution in [2.24, 2.45) is 0 Å². The highest BCUT2D eigenvalue weighted by Gasteiger charge is 2.12. The number of benzene rings is 1. The van der Waals surface area contributed by atoms with Gasteiger partial charge in [-0.3, -0.25) is 9.59 Å². The fraction of sp³-hybridized carbons (Fsp3) is 0.316. The molecule has 1 aromatic carbocycles. The number of rotatable bonds is 7. The average molecular weight is 389 g/mol. The van der Waals surface area contributed by atoms with Crippen LogP contribution in [0.15, 0.2) is 29.1 Å². The number of carbonyl (C=O) groups excluding carboxylic acids is 1. The number of nitrogens with one attached hydrogen (secondary N) is 2. The lowest BCUT2D eigenvalue weighted by molar-refractivity contribution is -0.121. The van der Waals surface area contributed by atoms with Crippen molar-refractivity contribution in [2.75, 3.05) is 13.2 Å². The number of H-pyrrole nitrogens is 1. The minimum Gasteiger partial charge on any atom is -0.492 e. The van der Waals surface area contributed by atoms with E-state index in [-0.39, 0.29) is 30.3 Å². The van der Waals surface area contributed by atoms with Gasteiger partial charge in [0, 0.05) is 23.8 Å². The van der Waals surface area contributed by atoms with Crippen LogP contribution in [0.5, 0.6) is 5.75 Å². The van der Waals surface area contributed by atoms with Crippen molar-refractivity contribution in [1.29, 1.82) is 0 Å². The predicted octanol–water partition coefficient (Wildman–Crippen LogP) is 2.87. The lowest BCUT2D eigenvalue weighted by Crippen LogP contribution is -2.28. The Labute approximate surface area is 159 Å². The summed E-state index contributed by atoms with van der Waals surface area (Å²) < 4.78 is 18.4. The van der Waals surface area contributed by atoms with Crippen LogP contribution in [-0.4, -0.2) is 29.0 Å². The van der Waals surface area contributed by atoms with Crippen LogP contribution in [0, 0.1) is 19.7 Å². The topological polar surface area (TPSA) is 84.1 Å². The Balaban J connectivity index is 1.48. The number of fused-ring (bicyclic) bond motifs is 1. The molecule has 0 atom stereocenters. The molecule has 6 nitrogen and oxygen atoms in total. The van der Waals surface area contributed by atoms with E-state index in [4.69, 9.17) is 4.74 Å². The summed E-state index contributed by atoms with van der Waals surface area (Å²) in [7, 11) is 0. The minimum atomic E-state index is -0.369. The van der Waals surface area contributed by atoms with E-state index in [1.165, 1.54) is 23.5 Å². The number of aryl methyl sites for hydroxylation is 3. The lowest BCUT2D eigenvalue weighted by atomic mass is 10.2. The number of ether oxygens (including phenoxy) is 1. The van der Waals surface area contributed by atoms with Crippen LogP contribution in [0.2, 0.25) is 0 Å². The molecule has 0 bridgehead atoms. The zero-order valence-electron chi connectivity index (χ0n) is 15.1. The molecule has 142 valence electrons. The van der Waals surface area contributed by atoms with Crippen molar-refractivity contribution in [3.63, 3.8) is 0 Å². The van der Waals surface area contributed by atoms with Crippen LogP contribution < -0.4 is 15.6 Å². The van der Waals surface area contributed by atoms with Gasteiger partial charge in [0.2, 0.25) is 5.91 Å². The second-order valence-corrected chi connectivity index (χ2v) is 7.34. The first-order valence-corrected chi connectivity index (χ1v) is 9.39. The molecule has 0 aliphatic heterocycles. The largest absolute Gasteiger partial charge is 0.492 e. The second-order valence-electron chi connectivity index (χ2n) is 6.13. The van der Waals surface area contributed by atoms with Gasteiger partial charge < -0.3 is 15.0 Å². The zero-order chi connectivity index (χ0) is 19.4. The van der Waals surface area contributed by atoms with Gasteiger partial charge in [0.25, 0.3) is 5.56 Å². The number of thiophene rings is 1. The molecule has 0 aliphatic carbocycles. The van der Waals surface area contributed by atoms with E-state index >= 15 is 0 Å². The second kappa shape index (κ2) is 8.30. The molecule has 1 amide bonds. The summed E-state index contributed by atoms with van der Waals surface area (Å²) >= 11 is 1.48. The highest BCUT2D eigenvalue weighted by Crippen LogP contribution is 2.25. The van der Waals surface area contributed by atoms with Crippen LogP contribution in [0.4, 0.5) is 4.39 Å². The van der Waals surface area contributed by atoms with Gasteiger partial charge in [-0.15, -0.1) is 11.3 Å². The fourth-order valence-corrected chi connectivity index (χ4v) is 3.70. The Hall–Kier alpha value is -2.74. The number of hydrogen-bond donors (Lipinski definition) is 2. The van der Waals surface area contributed by atoms with Gasteiger partial charge >= 0.3 is 0 Å². The van der Waals surface area contributed by atoms with Crippen LogP contribution in [-0.2, 0) is 11.2 Å². The maximum atomic E-state index is 13.0. The van der Waals surface area contributed by atoms with Gasteiger partial charge in [-0.05, 0) is 31.5 Å². The quantitative estimate of drug-likeness (QED) is 0.609. The standard InChI is InChI=1S/C19H20FN3O3S/c1-11-12(2)27-19-17(11)18(25)22-15(23-19)6-7-16(24)21-8-9-26-14-5-3-4-13(20)10-14/h3-5,10H,6-9H2,1-2H3,(H,21,24)(H,22,23,25). The van der Waals surface area contributed by atoms with Crippen molar-refractivity contribution in [1.82, 2.24) is 15.3 Å². The van der Waals surface area contributed by atoms with E-state index in [1.807, 2.05) is 13.8 Å². The number of nitrogens with zero attached hydrogens (tertiary/aromatic N) is 1. The summed E-state index contributed by atoms with van der Waals surface area (Å²) in [5.74, 6) is 0.381. The van der Waals surface area contributed by atoms with Crippen LogP contribution >= 0.6 is 11.3 Å². The molecule has 0 spiro atoms. The SMILES string of the molecule is Cc1sc2nc(CCC(=O)NCCOc3cccc(F)c3)[nH]c(=O)c2c1C. The zero-order valence-corrected chi connectivity index (χ0v) is 15.9. The van der Waals surface area contributed by atoms with Crippen molar-refractivity contribution in [3.05, 3.63) is 56.7 Å². The van der Waals surface area contributed by atoms with Gasteiger partial charge in [0.15, 0.2) is 0 Å². The third-order valence-electron chi connectivity index (χ3n) is 4.17. The molecule has 3 aromatic rings. The number of amides is 1. The van der Waals surface area contributed by atoms with Gasteiger partial charge in [-0.2, -0.15) is 0 Å². The van der Waals surface area contributed by atoms with Crippen LogP contribution in [0.3, 0.4) is 0 Å². The summed E-state index contributed by atoms with van der Waals surface area (Å²) in [6.07, 6.45) is 0.551. The molecular formula is C19H20FN3O3S. The molecule has 3 rings (SSSR count).